The molecule has 1 aliphatic heterocycles. The van der Waals surface area contributed by atoms with E-state index in [1.165, 1.54) is 33.8 Å². The van der Waals surface area contributed by atoms with E-state index in [-0.39, 0.29) is 23.0 Å². The number of carbonyl (C=O) groups excluding carboxylic acids is 1. The number of sulfonamides is 1. The third kappa shape index (κ3) is 4.85. The van der Waals surface area contributed by atoms with E-state index in [4.69, 9.17) is 0 Å². The lowest BCUT2D eigenvalue weighted by molar-refractivity contribution is -0.137. The van der Waals surface area contributed by atoms with Gasteiger partial charge in [0.15, 0.2) is 0 Å². The van der Waals surface area contributed by atoms with Crippen molar-refractivity contribution < 1.29 is 26.4 Å². The molecule has 164 valence electrons. The van der Waals surface area contributed by atoms with Gasteiger partial charge < -0.3 is 5.32 Å². The molecule has 11 heteroatoms. The Morgan fingerprint density at radius 1 is 1.10 bits per heavy atom. The van der Waals surface area contributed by atoms with Gasteiger partial charge in [-0.2, -0.15) is 17.5 Å². The van der Waals surface area contributed by atoms with Gasteiger partial charge in [-0.15, -0.1) is 11.3 Å². The second-order valence-electron chi connectivity index (χ2n) is 7.01. The van der Waals surface area contributed by atoms with Crippen LogP contribution in [-0.2, 0) is 21.0 Å². The van der Waals surface area contributed by atoms with Crippen molar-refractivity contribution in [2.45, 2.75) is 30.3 Å². The van der Waals surface area contributed by atoms with Crippen LogP contribution in [-0.4, -0.2) is 55.8 Å². The molecule has 0 radical (unpaired) electrons. The van der Waals surface area contributed by atoms with Crippen molar-refractivity contribution in [1.82, 2.24) is 9.21 Å². The summed E-state index contributed by atoms with van der Waals surface area (Å²) in [6, 6.07) is 7.42. The molecular weight excluding hydrogens is 439 g/mol. The standard InChI is InChI=1S/C19H22F3N3O3S2/c1-13-7-8-17(29-13)30(27,28)25-11-9-24(10-12-25)14(2)18(26)23-16-6-4-3-5-15(16)19(20,21)22/h3-8,14H,9-12H2,1-2H3,(H,23,26). The fourth-order valence-corrected chi connectivity index (χ4v) is 6.11. The summed E-state index contributed by atoms with van der Waals surface area (Å²) in [6.07, 6.45) is -4.58. The normalized spacial score (nSPS) is 17.6. The first kappa shape index (κ1) is 22.7. The molecule has 1 amide bonds. The fourth-order valence-electron chi connectivity index (χ4n) is 3.25. The van der Waals surface area contributed by atoms with Gasteiger partial charge in [0.2, 0.25) is 5.91 Å². The van der Waals surface area contributed by atoms with Crippen molar-refractivity contribution in [3.05, 3.63) is 46.8 Å². The molecule has 1 saturated heterocycles. The van der Waals surface area contributed by atoms with Crippen LogP contribution in [0.5, 0.6) is 0 Å². The van der Waals surface area contributed by atoms with Crippen LogP contribution in [0.15, 0.2) is 40.6 Å². The minimum Gasteiger partial charge on any atom is -0.324 e. The van der Waals surface area contributed by atoms with Gasteiger partial charge >= 0.3 is 6.18 Å². The molecule has 1 N–H and O–H groups in total. The number of rotatable bonds is 5. The lowest BCUT2D eigenvalue weighted by atomic mass is 10.1. The zero-order chi connectivity index (χ0) is 22.1. The Morgan fingerprint density at radius 2 is 1.73 bits per heavy atom. The van der Waals surface area contributed by atoms with Gasteiger partial charge in [0.25, 0.3) is 10.0 Å². The Morgan fingerprint density at radius 3 is 2.30 bits per heavy atom. The molecule has 6 nitrogen and oxygen atoms in total. The first-order valence-corrected chi connectivity index (χ1v) is 11.5. The zero-order valence-corrected chi connectivity index (χ0v) is 18.1. The number of anilines is 1. The highest BCUT2D eigenvalue weighted by molar-refractivity contribution is 7.91. The maximum absolute atomic E-state index is 13.1. The largest absolute Gasteiger partial charge is 0.418 e. The highest BCUT2D eigenvalue weighted by Gasteiger charge is 2.35. The molecule has 0 aliphatic carbocycles. The van der Waals surface area contributed by atoms with Gasteiger partial charge in [0.05, 0.1) is 17.3 Å². The molecule has 2 heterocycles. The fraction of sp³-hybridized carbons (Fsp3) is 0.421. The summed E-state index contributed by atoms with van der Waals surface area (Å²) in [4.78, 5) is 15.2. The van der Waals surface area contributed by atoms with E-state index in [0.29, 0.717) is 13.1 Å². The molecule has 1 aromatic carbocycles. The third-order valence-electron chi connectivity index (χ3n) is 5.00. The monoisotopic (exact) mass is 461 g/mol. The first-order chi connectivity index (χ1) is 14.0. The van der Waals surface area contributed by atoms with Crippen LogP contribution >= 0.6 is 11.3 Å². The minimum atomic E-state index is -4.58. The van der Waals surface area contributed by atoms with Gasteiger partial charge in [-0.1, -0.05) is 12.1 Å². The van der Waals surface area contributed by atoms with Crippen LogP contribution in [0.4, 0.5) is 18.9 Å². The number of para-hydroxylation sites is 1. The van der Waals surface area contributed by atoms with E-state index < -0.39 is 33.7 Å². The number of benzene rings is 1. The topological polar surface area (TPSA) is 69.7 Å². The number of aryl methyl sites for hydroxylation is 1. The molecular formula is C19H22F3N3O3S2. The number of nitrogens with one attached hydrogen (secondary N) is 1. The number of hydrogen-bond donors (Lipinski definition) is 1. The van der Waals surface area contributed by atoms with Crippen molar-refractivity contribution in [2.24, 2.45) is 0 Å². The third-order valence-corrected chi connectivity index (χ3v) is 8.37. The van der Waals surface area contributed by atoms with Crippen molar-refractivity contribution in [3.8, 4) is 0 Å². The molecule has 3 rings (SSSR count). The molecule has 0 spiro atoms. The number of alkyl halides is 3. The minimum absolute atomic E-state index is 0.204. The quantitative estimate of drug-likeness (QED) is 0.741. The molecule has 1 atom stereocenters. The smallest absolute Gasteiger partial charge is 0.324 e. The van der Waals surface area contributed by atoms with Crippen molar-refractivity contribution in [3.63, 3.8) is 0 Å². The summed E-state index contributed by atoms with van der Waals surface area (Å²) in [7, 11) is -3.58. The Hall–Kier alpha value is -1.95. The lowest BCUT2D eigenvalue weighted by Crippen LogP contribution is -2.53. The maximum Gasteiger partial charge on any atom is 0.418 e. The van der Waals surface area contributed by atoms with Gasteiger partial charge in [-0.05, 0) is 38.1 Å². The van der Waals surface area contributed by atoms with Gasteiger partial charge in [-0.25, -0.2) is 8.42 Å². The first-order valence-electron chi connectivity index (χ1n) is 9.28. The molecule has 1 fully saturated rings. The molecule has 0 bridgehead atoms. The van der Waals surface area contributed by atoms with Crippen molar-refractivity contribution in [1.29, 1.82) is 0 Å². The average Bonchev–Trinajstić information content (AvgIpc) is 3.14. The molecule has 1 aliphatic rings. The Balaban J connectivity index is 1.63. The molecule has 0 saturated carbocycles. The van der Waals surface area contributed by atoms with Gasteiger partial charge in [0.1, 0.15) is 4.21 Å². The number of piperazine rings is 1. The maximum atomic E-state index is 13.1. The Labute approximate surface area is 177 Å². The number of carbonyl (C=O) groups is 1. The van der Waals surface area contributed by atoms with Gasteiger partial charge in [-0.3, -0.25) is 9.69 Å². The van der Waals surface area contributed by atoms with E-state index in [1.54, 1.807) is 24.0 Å². The van der Waals surface area contributed by atoms with E-state index in [0.717, 1.165) is 10.9 Å². The summed E-state index contributed by atoms with van der Waals surface area (Å²) < 4.78 is 66.5. The Kier molecular flexibility index (Phi) is 6.56. The lowest BCUT2D eigenvalue weighted by Gasteiger charge is -2.36. The summed E-state index contributed by atoms with van der Waals surface area (Å²) >= 11 is 1.21. The van der Waals surface area contributed by atoms with Crippen LogP contribution in [0.25, 0.3) is 0 Å². The number of nitrogens with zero attached hydrogens (tertiary/aromatic N) is 2. The molecule has 1 unspecified atom stereocenters. The van der Waals surface area contributed by atoms with E-state index in [1.807, 2.05) is 6.92 Å². The predicted octanol–water partition coefficient (Wildman–Crippen LogP) is 3.41. The van der Waals surface area contributed by atoms with Gasteiger partial charge in [0, 0.05) is 31.1 Å². The summed E-state index contributed by atoms with van der Waals surface area (Å²) in [5.74, 6) is -0.572. The highest BCUT2D eigenvalue weighted by atomic mass is 32.2. The second kappa shape index (κ2) is 8.66. The second-order valence-corrected chi connectivity index (χ2v) is 10.5. The van der Waals surface area contributed by atoms with Crippen molar-refractivity contribution >= 4 is 33.0 Å². The highest BCUT2D eigenvalue weighted by Crippen LogP contribution is 2.34. The summed E-state index contributed by atoms with van der Waals surface area (Å²) in [5, 5.41) is 2.35. The zero-order valence-electron chi connectivity index (χ0n) is 16.4. The summed E-state index contributed by atoms with van der Waals surface area (Å²) in [5.41, 5.74) is -1.20. The number of amides is 1. The number of thiophene rings is 1. The van der Waals surface area contributed by atoms with Crippen LogP contribution < -0.4 is 5.32 Å². The van der Waals surface area contributed by atoms with Crippen LogP contribution in [0, 0.1) is 6.92 Å². The summed E-state index contributed by atoms with van der Waals surface area (Å²) in [6.45, 7) is 4.45. The SMILES string of the molecule is Cc1ccc(S(=O)(=O)N2CCN(C(C)C(=O)Nc3ccccc3C(F)(F)F)CC2)s1. The van der Waals surface area contributed by atoms with E-state index in [2.05, 4.69) is 5.32 Å². The number of hydrogen-bond acceptors (Lipinski definition) is 5. The number of halogens is 3. The molecule has 30 heavy (non-hydrogen) atoms. The van der Waals surface area contributed by atoms with E-state index >= 15 is 0 Å². The van der Waals surface area contributed by atoms with Crippen molar-refractivity contribution in [2.75, 3.05) is 31.5 Å². The molecule has 1 aromatic heterocycles. The van der Waals surface area contributed by atoms with Crippen LogP contribution in [0.2, 0.25) is 0 Å². The average molecular weight is 462 g/mol. The van der Waals surface area contributed by atoms with Crippen LogP contribution in [0.1, 0.15) is 17.4 Å². The molecule has 2 aromatic rings. The predicted molar refractivity (Wildman–Crippen MR) is 109 cm³/mol. The Bertz CT molecular complexity index is 1010. The van der Waals surface area contributed by atoms with E-state index in [9.17, 15) is 26.4 Å². The van der Waals surface area contributed by atoms with Crippen LogP contribution in [0.3, 0.4) is 0 Å².